The monoisotopic (exact) mass is 310 g/mol. The van der Waals surface area contributed by atoms with Crippen molar-refractivity contribution in [1.82, 2.24) is 9.62 Å². The number of nitrogens with one attached hydrogen (secondary N) is 1. The smallest absolute Gasteiger partial charge is 0.243 e. The number of sulfonamides is 1. The van der Waals surface area contributed by atoms with Crippen LogP contribution in [0.15, 0.2) is 29.2 Å². The molecule has 2 rings (SSSR count). The zero-order valence-electron chi connectivity index (χ0n) is 13.2. The summed E-state index contributed by atoms with van der Waals surface area (Å²) in [5.74, 6) is 0. The molecule has 21 heavy (non-hydrogen) atoms. The van der Waals surface area contributed by atoms with E-state index < -0.39 is 10.0 Å². The average molecular weight is 310 g/mol. The van der Waals surface area contributed by atoms with Gasteiger partial charge in [-0.1, -0.05) is 19.1 Å². The molecule has 0 amide bonds. The summed E-state index contributed by atoms with van der Waals surface area (Å²) in [5, 5.41) is 3.28. The highest BCUT2D eigenvalue weighted by molar-refractivity contribution is 7.89. The van der Waals surface area contributed by atoms with E-state index in [0.717, 1.165) is 37.7 Å². The molecule has 0 atom stereocenters. The molecular weight excluding hydrogens is 284 g/mol. The molecule has 0 bridgehead atoms. The quantitative estimate of drug-likeness (QED) is 0.908. The van der Waals surface area contributed by atoms with Crippen LogP contribution >= 0.6 is 0 Å². The highest BCUT2D eigenvalue weighted by Gasteiger charge is 2.30. The molecule has 1 saturated carbocycles. The molecule has 1 aromatic rings. The summed E-state index contributed by atoms with van der Waals surface area (Å²) in [5.41, 5.74) is 1.16. The van der Waals surface area contributed by atoms with E-state index in [9.17, 15) is 8.42 Å². The van der Waals surface area contributed by atoms with Gasteiger partial charge in [0, 0.05) is 19.1 Å². The molecule has 118 valence electrons. The van der Waals surface area contributed by atoms with Gasteiger partial charge in [-0.25, -0.2) is 8.42 Å². The number of hydrogen-bond acceptors (Lipinski definition) is 3. The highest BCUT2D eigenvalue weighted by atomic mass is 32.2. The molecule has 0 aromatic heterocycles. The number of rotatable bonds is 5. The van der Waals surface area contributed by atoms with E-state index >= 15 is 0 Å². The zero-order valence-corrected chi connectivity index (χ0v) is 14.0. The van der Waals surface area contributed by atoms with Gasteiger partial charge in [0.15, 0.2) is 0 Å². The lowest BCUT2D eigenvalue weighted by molar-refractivity contribution is 0.255. The summed E-state index contributed by atoms with van der Waals surface area (Å²) in [7, 11) is 0.314. The Labute approximate surface area is 128 Å². The van der Waals surface area contributed by atoms with Crippen molar-refractivity contribution in [1.29, 1.82) is 0 Å². The number of nitrogens with zero attached hydrogens (tertiary/aromatic N) is 1. The van der Waals surface area contributed by atoms with Crippen LogP contribution in [-0.4, -0.2) is 38.9 Å². The second kappa shape index (κ2) is 6.90. The molecule has 0 heterocycles. The van der Waals surface area contributed by atoms with Gasteiger partial charge in [-0.2, -0.15) is 4.31 Å². The Kier molecular flexibility index (Phi) is 5.41. The Bertz CT molecular complexity index is 546. The third-order valence-corrected chi connectivity index (χ3v) is 6.55. The van der Waals surface area contributed by atoms with E-state index in [0.29, 0.717) is 10.9 Å². The van der Waals surface area contributed by atoms with Crippen LogP contribution in [-0.2, 0) is 16.4 Å². The molecule has 1 fully saturated rings. The van der Waals surface area contributed by atoms with Gasteiger partial charge in [-0.3, -0.25) is 0 Å². The van der Waals surface area contributed by atoms with Crippen LogP contribution in [0.25, 0.3) is 0 Å². The Morgan fingerprint density at radius 2 is 1.71 bits per heavy atom. The van der Waals surface area contributed by atoms with Crippen LogP contribution in [0.3, 0.4) is 0 Å². The maximum absolute atomic E-state index is 12.7. The van der Waals surface area contributed by atoms with E-state index in [1.807, 2.05) is 19.2 Å². The van der Waals surface area contributed by atoms with Crippen molar-refractivity contribution in [2.24, 2.45) is 0 Å². The van der Waals surface area contributed by atoms with E-state index in [1.165, 1.54) is 0 Å². The van der Waals surface area contributed by atoms with Crippen molar-refractivity contribution in [2.45, 2.75) is 56.0 Å². The maximum Gasteiger partial charge on any atom is 0.243 e. The first-order valence-corrected chi connectivity index (χ1v) is 9.17. The van der Waals surface area contributed by atoms with Gasteiger partial charge in [0.2, 0.25) is 10.0 Å². The second-order valence-electron chi connectivity index (χ2n) is 5.81. The largest absolute Gasteiger partial charge is 0.317 e. The van der Waals surface area contributed by atoms with E-state index in [2.05, 4.69) is 12.2 Å². The van der Waals surface area contributed by atoms with Gasteiger partial charge in [0.1, 0.15) is 0 Å². The lowest BCUT2D eigenvalue weighted by Crippen LogP contribution is -2.42. The molecule has 0 spiro atoms. The fraction of sp³-hybridized carbons (Fsp3) is 0.625. The maximum atomic E-state index is 12.7. The van der Waals surface area contributed by atoms with Gasteiger partial charge >= 0.3 is 0 Å². The minimum atomic E-state index is -3.37. The summed E-state index contributed by atoms with van der Waals surface area (Å²) in [6.07, 6.45) is 4.85. The van der Waals surface area contributed by atoms with Crippen LogP contribution in [0.5, 0.6) is 0 Å². The van der Waals surface area contributed by atoms with Crippen molar-refractivity contribution < 1.29 is 8.42 Å². The molecule has 0 radical (unpaired) electrons. The molecule has 1 aliphatic rings. The fourth-order valence-corrected chi connectivity index (χ4v) is 4.40. The van der Waals surface area contributed by atoms with Crippen LogP contribution in [0, 0.1) is 0 Å². The predicted octanol–water partition coefficient (Wildman–Crippen LogP) is 2.40. The van der Waals surface area contributed by atoms with E-state index in [4.69, 9.17) is 0 Å². The summed E-state index contributed by atoms with van der Waals surface area (Å²) >= 11 is 0. The SMILES string of the molecule is CCc1ccc(S(=O)(=O)N(C)C2CCC(NC)CC2)cc1. The van der Waals surface area contributed by atoms with Gasteiger partial charge in [0.25, 0.3) is 0 Å². The second-order valence-corrected chi connectivity index (χ2v) is 7.81. The van der Waals surface area contributed by atoms with Crippen LogP contribution in [0.2, 0.25) is 0 Å². The summed E-state index contributed by atoms with van der Waals surface area (Å²) < 4.78 is 27.0. The van der Waals surface area contributed by atoms with E-state index in [-0.39, 0.29) is 6.04 Å². The Hall–Kier alpha value is -0.910. The third kappa shape index (κ3) is 3.65. The molecule has 5 heteroatoms. The summed E-state index contributed by atoms with van der Waals surface area (Å²) in [4.78, 5) is 0.401. The minimum absolute atomic E-state index is 0.116. The molecule has 1 aliphatic carbocycles. The van der Waals surface area contributed by atoms with Gasteiger partial charge < -0.3 is 5.32 Å². The topological polar surface area (TPSA) is 49.4 Å². The van der Waals surface area contributed by atoms with Crippen LogP contribution < -0.4 is 5.32 Å². The third-order valence-electron chi connectivity index (χ3n) is 4.63. The number of benzene rings is 1. The Morgan fingerprint density at radius 1 is 1.14 bits per heavy atom. The molecule has 0 saturated heterocycles. The first-order chi connectivity index (χ1) is 9.98. The highest BCUT2D eigenvalue weighted by Crippen LogP contribution is 2.26. The van der Waals surface area contributed by atoms with E-state index in [1.54, 1.807) is 23.5 Å². The molecule has 4 nitrogen and oxygen atoms in total. The normalized spacial score (nSPS) is 23.4. The minimum Gasteiger partial charge on any atom is -0.317 e. The molecule has 1 N–H and O–H groups in total. The van der Waals surface area contributed by atoms with Crippen LogP contribution in [0.4, 0.5) is 0 Å². The fourth-order valence-electron chi connectivity index (χ4n) is 2.99. The van der Waals surface area contributed by atoms with Gasteiger partial charge in [-0.05, 0) is 56.8 Å². The van der Waals surface area contributed by atoms with Crippen molar-refractivity contribution in [3.05, 3.63) is 29.8 Å². The first-order valence-electron chi connectivity index (χ1n) is 7.73. The number of hydrogen-bond donors (Lipinski definition) is 1. The molecule has 0 unspecified atom stereocenters. The molecule has 0 aliphatic heterocycles. The van der Waals surface area contributed by atoms with Crippen molar-refractivity contribution in [2.75, 3.05) is 14.1 Å². The zero-order chi connectivity index (χ0) is 15.5. The average Bonchev–Trinajstić information content (AvgIpc) is 2.54. The summed E-state index contributed by atoms with van der Waals surface area (Å²) in [6.45, 7) is 2.07. The van der Waals surface area contributed by atoms with Gasteiger partial charge in [-0.15, -0.1) is 0 Å². The van der Waals surface area contributed by atoms with Crippen molar-refractivity contribution >= 4 is 10.0 Å². The molecular formula is C16H26N2O2S. The van der Waals surface area contributed by atoms with Gasteiger partial charge in [0.05, 0.1) is 4.90 Å². The predicted molar refractivity (Wildman–Crippen MR) is 85.9 cm³/mol. The first kappa shape index (κ1) is 16.5. The Morgan fingerprint density at radius 3 is 2.19 bits per heavy atom. The summed E-state index contributed by atoms with van der Waals surface area (Å²) in [6, 6.07) is 7.90. The lowest BCUT2D eigenvalue weighted by atomic mass is 9.91. The van der Waals surface area contributed by atoms with Crippen LogP contribution in [0.1, 0.15) is 38.2 Å². The number of aryl methyl sites for hydroxylation is 1. The van der Waals surface area contributed by atoms with Crippen molar-refractivity contribution in [3.63, 3.8) is 0 Å². The standard InChI is InChI=1S/C16H26N2O2S/c1-4-13-5-11-16(12-6-13)21(19,20)18(3)15-9-7-14(17-2)8-10-15/h5-6,11-12,14-15,17H,4,7-10H2,1-3H3. The van der Waals surface area contributed by atoms with Crippen molar-refractivity contribution in [3.8, 4) is 0 Å². The molecule has 1 aromatic carbocycles. The lowest BCUT2D eigenvalue weighted by Gasteiger charge is -2.33. The Balaban J connectivity index is 2.11.